The highest BCUT2D eigenvalue weighted by molar-refractivity contribution is 5.96. The molecular formula is C16H16FNO4. The third kappa shape index (κ3) is 3.72. The number of carbonyl (C=O) groups excluding carboxylic acids is 2. The maximum absolute atomic E-state index is 13.1. The number of hydrogen-bond donors (Lipinski definition) is 1. The van der Waals surface area contributed by atoms with Gasteiger partial charge in [0.25, 0.3) is 5.91 Å². The molecule has 1 aromatic carbocycles. The average molecular weight is 305 g/mol. The molecule has 0 aliphatic heterocycles. The van der Waals surface area contributed by atoms with Gasteiger partial charge >= 0.3 is 5.97 Å². The molecule has 1 N–H and O–H groups in total. The summed E-state index contributed by atoms with van der Waals surface area (Å²) >= 11 is 0. The molecule has 0 aliphatic rings. The summed E-state index contributed by atoms with van der Waals surface area (Å²) in [4.78, 5) is 23.6. The molecule has 1 aromatic heterocycles. The van der Waals surface area contributed by atoms with Gasteiger partial charge in [-0.2, -0.15) is 0 Å². The molecule has 0 saturated heterocycles. The fraction of sp³-hybridized carbons (Fsp3) is 0.250. The highest BCUT2D eigenvalue weighted by atomic mass is 19.1. The number of halogens is 1. The molecule has 5 nitrogen and oxygen atoms in total. The van der Waals surface area contributed by atoms with Crippen LogP contribution in [-0.4, -0.2) is 18.5 Å². The summed E-state index contributed by atoms with van der Waals surface area (Å²) < 4.78 is 23.3. The van der Waals surface area contributed by atoms with Gasteiger partial charge in [0, 0.05) is 5.69 Å². The van der Waals surface area contributed by atoms with Crippen molar-refractivity contribution in [3.63, 3.8) is 0 Å². The first-order valence-corrected chi connectivity index (χ1v) is 6.67. The first-order chi connectivity index (χ1) is 10.4. The van der Waals surface area contributed by atoms with Crippen LogP contribution in [-0.2, 0) is 9.53 Å². The van der Waals surface area contributed by atoms with Gasteiger partial charge < -0.3 is 14.5 Å². The van der Waals surface area contributed by atoms with E-state index in [9.17, 15) is 14.0 Å². The molecule has 0 saturated carbocycles. The molecule has 116 valence electrons. The molecule has 2 rings (SSSR count). The molecule has 22 heavy (non-hydrogen) atoms. The minimum absolute atomic E-state index is 0.284. The number of nitrogens with one attached hydrogen (secondary N) is 1. The fourth-order valence-corrected chi connectivity index (χ4v) is 1.96. The molecule has 0 spiro atoms. The summed E-state index contributed by atoms with van der Waals surface area (Å²) in [6, 6.07) is 5.61. The van der Waals surface area contributed by atoms with Gasteiger partial charge in [0.1, 0.15) is 22.9 Å². The lowest BCUT2D eigenvalue weighted by Gasteiger charge is -2.08. The van der Waals surface area contributed by atoms with E-state index >= 15 is 0 Å². The second-order valence-electron chi connectivity index (χ2n) is 4.91. The molecule has 0 radical (unpaired) electrons. The molecule has 0 aliphatic carbocycles. The maximum Gasteiger partial charge on any atom is 0.342 e. The van der Waals surface area contributed by atoms with Gasteiger partial charge in [0.2, 0.25) is 0 Å². The predicted molar refractivity (Wildman–Crippen MR) is 78.2 cm³/mol. The Balaban J connectivity index is 1.94. The van der Waals surface area contributed by atoms with E-state index in [4.69, 9.17) is 9.15 Å². The lowest BCUT2D eigenvalue weighted by molar-refractivity contribution is -0.119. The number of amides is 1. The average Bonchev–Trinajstić information content (AvgIpc) is 2.79. The minimum Gasteiger partial charge on any atom is -0.466 e. The zero-order valence-corrected chi connectivity index (χ0v) is 12.5. The minimum atomic E-state index is -0.638. The summed E-state index contributed by atoms with van der Waals surface area (Å²) in [6.45, 7) is 4.63. The first kappa shape index (κ1) is 15.8. The number of benzene rings is 1. The zero-order valence-electron chi connectivity index (χ0n) is 12.5. The lowest BCUT2D eigenvalue weighted by atomic mass is 10.2. The van der Waals surface area contributed by atoms with Gasteiger partial charge in [-0.25, -0.2) is 9.18 Å². The number of ether oxygens (including phenoxy) is 1. The smallest absolute Gasteiger partial charge is 0.342 e. The second kappa shape index (κ2) is 6.43. The van der Waals surface area contributed by atoms with Crippen LogP contribution in [0.4, 0.5) is 10.1 Å². The number of hydrogen-bond acceptors (Lipinski definition) is 4. The SMILES string of the molecule is Cc1cc(C(=O)OCC(=O)Nc2cc(F)ccc2C)c(C)o1. The van der Waals surface area contributed by atoms with Crippen molar-refractivity contribution < 1.29 is 23.1 Å². The van der Waals surface area contributed by atoms with E-state index in [2.05, 4.69) is 5.32 Å². The van der Waals surface area contributed by atoms with Gasteiger partial charge in [-0.05, 0) is 44.5 Å². The van der Waals surface area contributed by atoms with E-state index in [1.807, 2.05) is 0 Å². The molecule has 0 fully saturated rings. The van der Waals surface area contributed by atoms with E-state index in [0.29, 0.717) is 22.8 Å². The summed E-state index contributed by atoms with van der Waals surface area (Å²) in [5, 5.41) is 2.50. The van der Waals surface area contributed by atoms with Crippen LogP contribution >= 0.6 is 0 Å². The summed E-state index contributed by atoms with van der Waals surface area (Å²) in [5.41, 5.74) is 1.34. The Labute approximate surface area is 127 Å². The molecular weight excluding hydrogens is 289 g/mol. The molecule has 1 heterocycles. The predicted octanol–water partition coefficient (Wildman–Crippen LogP) is 3.14. The Hall–Kier alpha value is -2.63. The van der Waals surface area contributed by atoms with Crippen molar-refractivity contribution in [2.24, 2.45) is 0 Å². The van der Waals surface area contributed by atoms with Crippen molar-refractivity contribution in [1.29, 1.82) is 0 Å². The van der Waals surface area contributed by atoms with Crippen molar-refractivity contribution in [1.82, 2.24) is 0 Å². The van der Waals surface area contributed by atoms with Crippen LogP contribution in [0, 0.1) is 26.6 Å². The Bertz CT molecular complexity index is 721. The van der Waals surface area contributed by atoms with Crippen LogP contribution in [0.2, 0.25) is 0 Å². The topological polar surface area (TPSA) is 68.5 Å². The number of carbonyl (C=O) groups is 2. The van der Waals surface area contributed by atoms with Crippen LogP contribution in [0.5, 0.6) is 0 Å². The maximum atomic E-state index is 13.1. The van der Waals surface area contributed by atoms with Crippen LogP contribution < -0.4 is 5.32 Å². The Morgan fingerprint density at radius 1 is 1.23 bits per heavy atom. The lowest BCUT2D eigenvalue weighted by Crippen LogP contribution is -2.21. The van der Waals surface area contributed by atoms with Gasteiger partial charge in [-0.1, -0.05) is 6.07 Å². The van der Waals surface area contributed by atoms with E-state index in [0.717, 1.165) is 0 Å². The quantitative estimate of drug-likeness (QED) is 0.881. The fourth-order valence-electron chi connectivity index (χ4n) is 1.96. The largest absolute Gasteiger partial charge is 0.466 e. The van der Waals surface area contributed by atoms with Crippen molar-refractivity contribution in [3.05, 3.63) is 52.7 Å². The Morgan fingerprint density at radius 3 is 2.59 bits per heavy atom. The standard InChI is InChI=1S/C16H16FNO4/c1-9-4-5-12(17)7-14(9)18-15(19)8-21-16(20)13-6-10(2)22-11(13)3/h4-7H,8H2,1-3H3,(H,18,19). The monoisotopic (exact) mass is 305 g/mol. The molecule has 0 bridgehead atoms. The zero-order chi connectivity index (χ0) is 16.3. The third-order valence-electron chi connectivity index (χ3n) is 3.07. The van der Waals surface area contributed by atoms with Gasteiger partial charge in [-0.3, -0.25) is 4.79 Å². The number of rotatable bonds is 4. The second-order valence-corrected chi connectivity index (χ2v) is 4.91. The number of esters is 1. The molecule has 6 heteroatoms. The van der Waals surface area contributed by atoms with Gasteiger partial charge in [-0.15, -0.1) is 0 Å². The summed E-state index contributed by atoms with van der Waals surface area (Å²) in [6.07, 6.45) is 0. The number of aryl methyl sites for hydroxylation is 3. The summed E-state index contributed by atoms with van der Waals surface area (Å²) in [7, 11) is 0. The normalized spacial score (nSPS) is 10.4. The molecule has 1 amide bonds. The molecule has 0 unspecified atom stereocenters. The number of anilines is 1. The molecule has 0 atom stereocenters. The van der Waals surface area contributed by atoms with Crippen molar-refractivity contribution in [3.8, 4) is 0 Å². The Morgan fingerprint density at radius 2 is 1.95 bits per heavy atom. The summed E-state index contributed by atoms with van der Waals surface area (Å²) in [5.74, 6) is -0.615. The Kier molecular flexibility index (Phi) is 4.60. The first-order valence-electron chi connectivity index (χ1n) is 6.67. The molecule has 2 aromatic rings. The van der Waals surface area contributed by atoms with Crippen LogP contribution in [0.25, 0.3) is 0 Å². The van der Waals surface area contributed by atoms with Crippen molar-refractivity contribution in [2.45, 2.75) is 20.8 Å². The van der Waals surface area contributed by atoms with Crippen molar-refractivity contribution in [2.75, 3.05) is 11.9 Å². The van der Waals surface area contributed by atoms with Crippen LogP contribution in [0.1, 0.15) is 27.4 Å². The van der Waals surface area contributed by atoms with Gasteiger partial charge in [0.15, 0.2) is 6.61 Å². The van der Waals surface area contributed by atoms with E-state index in [-0.39, 0.29) is 5.56 Å². The van der Waals surface area contributed by atoms with E-state index < -0.39 is 24.3 Å². The van der Waals surface area contributed by atoms with Gasteiger partial charge in [0.05, 0.1) is 0 Å². The van der Waals surface area contributed by atoms with Crippen molar-refractivity contribution >= 4 is 17.6 Å². The van der Waals surface area contributed by atoms with E-state index in [1.54, 1.807) is 32.9 Å². The highest BCUT2D eigenvalue weighted by Gasteiger charge is 2.16. The highest BCUT2D eigenvalue weighted by Crippen LogP contribution is 2.17. The van der Waals surface area contributed by atoms with E-state index in [1.165, 1.54) is 12.1 Å². The number of furan rings is 1. The van der Waals surface area contributed by atoms with Crippen LogP contribution in [0.3, 0.4) is 0 Å². The third-order valence-corrected chi connectivity index (χ3v) is 3.07. The van der Waals surface area contributed by atoms with Crippen LogP contribution in [0.15, 0.2) is 28.7 Å².